The Morgan fingerprint density at radius 2 is 1.91 bits per heavy atom. The van der Waals surface area contributed by atoms with Gasteiger partial charge in [0, 0.05) is 18.9 Å². The maximum atomic E-state index is 12.7. The van der Waals surface area contributed by atoms with Crippen LogP contribution in [0.25, 0.3) is 0 Å². The number of aromatic nitrogens is 1. The molecule has 34 heavy (non-hydrogen) atoms. The summed E-state index contributed by atoms with van der Waals surface area (Å²) in [4.78, 5) is 16.5. The highest BCUT2D eigenvalue weighted by atomic mass is 32.2. The van der Waals surface area contributed by atoms with E-state index in [1.54, 1.807) is 24.4 Å². The molecule has 1 amide bonds. The Morgan fingerprint density at radius 1 is 1.12 bits per heavy atom. The highest BCUT2D eigenvalue weighted by Crippen LogP contribution is 2.22. The molecule has 0 aliphatic heterocycles. The van der Waals surface area contributed by atoms with E-state index in [2.05, 4.69) is 25.0 Å². The molecule has 11 nitrogen and oxygen atoms in total. The number of nitrogens with one attached hydrogen (secondary N) is 3. The second kappa shape index (κ2) is 10.8. The van der Waals surface area contributed by atoms with Gasteiger partial charge in [0.15, 0.2) is 0 Å². The van der Waals surface area contributed by atoms with Crippen LogP contribution in [0.2, 0.25) is 0 Å². The Hall–Kier alpha value is -3.17. The number of rotatable bonds is 10. The minimum absolute atomic E-state index is 0.0248. The molecule has 0 saturated heterocycles. The number of carbonyl (C=O) groups is 1. The Kier molecular flexibility index (Phi) is 8.11. The lowest BCUT2D eigenvalue weighted by Gasteiger charge is -2.11. The number of thiophene rings is 1. The molecule has 0 fully saturated rings. The molecule has 0 bridgehead atoms. The van der Waals surface area contributed by atoms with E-state index in [0.29, 0.717) is 11.3 Å². The van der Waals surface area contributed by atoms with E-state index in [0.717, 1.165) is 11.3 Å². The standard InChI is InChI=1S/C20H21N5O6S3/c1-14(15-4-2-5-16(12-15)33(28,29)22-9-10-26)23-24-20(27)17-13-21-8-7-18(17)25-34(30,31)19-6-3-11-32-19/h2-8,11-13,22,26H,9-10H2,1H3,(H,21,25)(H,24,27). The number of carbonyl (C=O) groups excluding carboxylic acids is 1. The normalized spacial score (nSPS) is 12.4. The van der Waals surface area contributed by atoms with E-state index >= 15 is 0 Å². The lowest BCUT2D eigenvalue weighted by molar-refractivity contribution is 0.0955. The number of aliphatic hydroxyl groups is 1. The zero-order valence-corrected chi connectivity index (χ0v) is 20.2. The number of benzene rings is 1. The predicted octanol–water partition coefficient (Wildman–Crippen LogP) is 1.37. The van der Waals surface area contributed by atoms with Crippen LogP contribution in [0.15, 0.2) is 74.4 Å². The lowest BCUT2D eigenvalue weighted by Crippen LogP contribution is -2.26. The van der Waals surface area contributed by atoms with Crippen LogP contribution in [0.1, 0.15) is 22.8 Å². The van der Waals surface area contributed by atoms with Crippen molar-refractivity contribution in [3.63, 3.8) is 0 Å². The fourth-order valence-corrected chi connectivity index (χ4v) is 5.83. The van der Waals surface area contributed by atoms with Crippen molar-refractivity contribution in [2.45, 2.75) is 16.0 Å². The number of nitrogens with zero attached hydrogens (tertiary/aromatic N) is 2. The third-order valence-electron chi connectivity index (χ3n) is 4.36. The molecule has 0 saturated carbocycles. The summed E-state index contributed by atoms with van der Waals surface area (Å²) < 4.78 is 54.3. The number of anilines is 1. The van der Waals surface area contributed by atoms with Gasteiger partial charge in [0.2, 0.25) is 10.0 Å². The maximum Gasteiger partial charge on any atom is 0.275 e. The van der Waals surface area contributed by atoms with Crippen LogP contribution >= 0.6 is 11.3 Å². The van der Waals surface area contributed by atoms with Crippen LogP contribution in [0, 0.1) is 0 Å². The molecule has 0 atom stereocenters. The first kappa shape index (κ1) is 25.5. The van der Waals surface area contributed by atoms with Gasteiger partial charge in [-0.15, -0.1) is 11.3 Å². The van der Waals surface area contributed by atoms with Crippen LogP contribution in [0.5, 0.6) is 0 Å². The SMILES string of the molecule is CC(=NNC(=O)c1cnccc1NS(=O)(=O)c1cccs1)c1cccc(S(=O)(=O)NCCO)c1. The first-order valence-corrected chi connectivity index (χ1v) is 13.5. The smallest absolute Gasteiger partial charge is 0.275 e. The minimum atomic E-state index is -3.88. The molecule has 0 radical (unpaired) electrons. The van der Waals surface area contributed by atoms with E-state index < -0.39 is 26.0 Å². The fraction of sp³-hybridized carbons (Fsp3) is 0.150. The van der Waals surface area contributed by atoms with Crippen molar-refractivity contribution >= 4 is 48.7 Å². The number of aliphatic hydroxyl groups excluding tert-OH is 1. The fourth-order valence-electron chi connectivity index (χ4n) is 2.69. The first-order chi connectivity index (χ1) is 16.1. The molecule has 3 rings (SSSR count). The molecular formula is C20H21N5O6S3. The summed E-state index contributed by atoms with van der Waals surface area (Å²) in [5.74, 6) is -0.718. The van der Waals surface area contributed by atoms with Crippen LogP contribution in [-0.2, 0) is 20.0 Å². The van der Waals surface area contributed by atoms with Gasteiger partial charge in [-0.25, -0.2) is 27.0 Å². The average Bonchev–Trinajstić information content (AvgIpc) is 3.37. The molecule has 14 heteroatoms. The molecule has 0 aliphatic rings. The van der Waals surface area contributed by atoms with Crippen molar-refractivity contribution in [3.8, 4) is 0 Å². The van der Waals surface area contributed by atoms with E-state index in [-0.39, 0.29) is 33.5 Å². The quantitative estimate of drug-likeness (QED) is 0.230. The first-order valence-electron chi connectivity index (χ1n) is 9.70. The van der Waals surface area contributed by atoms with Gasteiger partial charge in [-0.3, -0.25) is 14.5 Å². The Bertz CT molecular complexity index is 1400. The van der Waals surface area contributed by atoms with E-state index in [1.807, 2.05) is 0 Å². The number of sulfonamides is 2. The Morgan fingerprint density at radius 3 is 2.62 bits per heavy atom. The van der Waals surface area contributed by atoms with Gasteiger partial charge in [0.05, 0.1) is 28.5 Å². The van der Waals surface area contributed by atoms with Crippen molar-refractivity contribution in [3.05, 3.63) is 71.4 Å². The van der Waals surface area contributed by atoms with Crippen LogP contribution in [-0.4, -0.2) is 51.7 Å². The van der Waals surface area contributed by atoms with E-state index in [9.17, 15) is 21.6 Å². The largest absolute Gasteiger partial charge is 0.395 e. The summed E-state index contributed by atoms with van der Waals surface area (Å²) >= 11 is 1.03. The minimum Gasteiger partial charge on any atom is -0.395 e. The van der Waals surface area contributed by atoms with Gasteiger partial charge >= 0.3 is 0 Å². The van der Waals surface area contributed by atoms with Gasteiger partial charge in [-0.05, 0) is 42.1 Å². The highest BCUT2D eigenvalue weighted by molar-refractivity contribution is 7.94. The number of amides is 1. The molecule has 3 aromatic rings. The van der Waals surface area contributed by atoms with Crippen LogP contribution in [0.3, 0.4) is 0 Å². The van der Waals surface area contributed by atoms with Crippen molar-refractivity contribution in [2.75, 3.05) is 17.9 Å². The van der Waals surface area contributed by atoms with Gasteiger partial charge < -0.3 is 5.11 Å². The molecule has 1 aromatic carbocycles. The number of hydrogen-bond donors (Lipinski definition) is 4. The summed E-state index contributed by atoms with van der Waals surface area (Å²) in [5.41, 5.74) is 3.03. The summed E-state index contributed by atoms with van der Waals surface area (Å²) in [6, 6.07) is 10.3. The second-order valence-electron chi connectivity index (χ2n) is 6.75. The van der Waals surface area contributed by atoms with Gasteiger partial charge in [-0.1, -0.05) is 18.2 Å². The van der Waals surface area contributed by atoms with Gasteiger partial charge in [-0.2, -0.15) is 5.10 Å². The second-order valence-corrected chi connectivity index (χ2v) is 11.4. The monoisotopic (exact) mass is 523 g/mol. The van der Waals surface area contributed by atoms with Crippen LogP contribution < -0.4 is 14.9 Å². The highest BCUT2D eigenvalue weighted by Gasteiger charge is 2.20. The number of hydrogen-bond acceptors (Lipinski definition) is 9. The summed E-state index contributed by atoms with van der Waals surface area (Å²) in [6.07, 6.45) is 2.54. The Labute approximate surface area is 200 Å². The number of hydrazone groups is 1. The van der Waals surface area contributed by atoms with E-state index in [4.69, 9.17) is 5.11 Å². The molecular weight excluding hydrogens is 502 g/mol. The maximum absolute atomic E-state index is 12.7. The molecule has 0 spiro atoms. The lowest BCUT2D eigenvalue weighted by atomic mass is 10.1. The topological polar surface area (TPSA) is 167 Å². The number of pyridine rings is 1. The van der Waals surface area contributed by atoms with Crippen molar-refractivity contribution in [1.29, 1.82) is 0 Å². The zero-order chi connectivity index (χ0) is 24.8. The van der Waals surface area contributed by atoms with Gasteiger partial charge in [0.25, 0.3) is 15.9 Å². The van der Waals surface area contributed by atoms with Crippen molar-refractivity contribution in [1.82, 2.24) is 15.1 Å². The molecule has 180 valence electrons. The molecule has 2 aromatic heterocycles. The average molecular weight is 524 g/mol. The Balaban J connectivity index is 1.79. The predicted molar refractivity (Wildman–Crippen MR) is 128 cm³/mol. The molecule has 0 unspecified atom stereocenters. The van der Waals surface area contributed by atoms with E-state index in [1.165, 1.54) is 42.7 Å². The van der Waals surface area contributed by atoms with Crippen LogP contribution in [0.4, 0.5) is 5.69 Å². The van der Waals surface area contributed by atoms with Crippen molar-refractivity contribution < 1.29 is 26.7 Å². The zero-order valence-electron chi connectivity index (χ0n) is 17.8. The summed E-state index contributed by atoms with van der Waals surface area (Å²) in [5, 5.41) is 14.5. The molecule has 2 heterocycles. The van der Waals surface area contributed by atoms with Gasteiger partial charge in [0.1, 0.15) is 4.21 Å². The molecule has 4 N–H and O–H groups in total. The third-order valence-corrected chi connectivity index (χ3v) is 8.58. The summed E-state index contributed by atoms with van der Waals surface area (Å²) in [7, 11) is -7.70. The third kappa shape index (κ3) is 6.24. The summed E-state index contributed by atoms with van der Waals surface area (Å²) in [6.45, 7) is 1.10. The van der Waals surface area contributed by atoms with Crippen molar-refractivity contribution in [2.24, 2.45) is 5.10 Å². The molecule has 0 aliphatic carbocycles.